The van der Waals surface area contributed by atoms with Gasteiger partial charge in [0.05, 0.1) is 5.92 Å². The summed E-state index contributed by atoms with van der Waals surface area (Å²) in [7, 11) is 0. The van der Waals surface area contributed by atoms with Crippen LogP contribution in [0.2, 0.25) is 0 Å². The van der Waals surface area contributed by atoms with Gasteiger partial charge in [-0.25, -0.2) is 13.2 Å². The van der Waals surface area contributed by atoms with E-state index < -0.39 is 46.7 Å². The molecule has 20 heavy (non-hydrogen) atoms. The standard InChI is InChI=1S/C11H9F5O2.C2H6/c1-3-4(2)11(17)18-10-8(15)6(13)5(12)7(14)9(10)16;1-2/h4H,3H2,1-2H3;1-2H3. The fourth-order valence-electron chi connectivity index (χ4n) is 1.04. The largest absolute Gasteiger partial charge is 0.420 e. The number of carbonyl (C=O) groups is 1. The lowest BCUT2D eigenvalue weighted by atomic mass is 10.1. The van der Waals surface area contributed by atoms with Crippen molar-refractivity contribution in [2.24, 2.45) is 5.92 Å². The molecule has 1 aromatic carbocycles. The molecule has 1 rings (SSSR count). The van der Waals surface area contributed by atoms with E-state index in [-0.39, 0.29) is 0 Å². The highest BCUT2D eigenvalue weighted by Gasteiger charge is 2.29. The summed E-state index contributed by atoms with van der Waals surface area (Å²) in [5, 5.41) is 0. The second kappa shape index (κ2) is 7.81. The van der Waals surface area contributed by atoms with Crippen LogP contribution >= 0.6 is 0 Å². The lowest BCUT2D eigenvalue weighted by molar-refractivity contribution is -0.138. The first-order valence-electron chi connectivity index (χ1n) is 6.04. The molecular formula is C13H15F5O2. The van der Waals surface area contributed by atoms with Gasteiger partial charge in [0.15, 0.2) is 0 Å². The molecule has 0 amide bonds. The third-order valence-corrected chi connectivity index (χ3v) is 2.39. The molecule has 0 aliphatic carbocycles. The van der Waals surface area contributed by atoms with Crippen LogP contribution in [0.25, 0.3) is 0 Å². The molecule has 0 fully saturated rings. The molecule has 7 heteroatoms. The van der Waals surface area contributed by atoms with Gasteiger partial charge in [-0.3, -0.25) is 4.79 Å². The highest BCUT2D eigenvalue weighted by molar-refractivity contribution is 5.74. The fourth-order valence-corrected chi connectivity index (χ4v) is 1.04. The molecule has 0 bridgehead atoms. The first kappa shape index (κ1) is 18.3. The van der Waals surface area contributed by atoms with Crippen molar-refractivity contribution >= 4 is 5.97 Å². The molecule has 0 aromatic heterocycles. The average molecular weight is 298 g/mol. The highest BCUT2D eigenvalue weighted by Crippen LogP contribution is 2.29. The van der Waals surface area contributed by atoms with E-state index in [2.05, 4.69) is 4.74 Å². The number of ether oxygens (including phenoxy) is 1. The summed E-state index contributed by atoms with van der Waals surface area (Å²) in [4.78, 5) is 11.3. The van der Waals surface area contributed by atoms with Crippen LogP contribution in [0.15, 0.2) is 0 Å². The number of hydrogen-bond acceptors (Lipinski definition) is 2. The van der Waals surface area contributed by atoms with Gasteiger partial charge >= 0.3 is 5.97 Å². The Labute approximate surface area is 113 Å². The first-order valence-corrected chi connectivity index (χ1v) is 6.04. The van der Waals surface area contributed by atoms with Crippen molar-refractivity contribution in [1.29, 1.82) is 0 Å². The molecule has 1 unspecified atom stereocenters. The van der Waals surface area contributed by atoms with Crippen LogP contribution in [0.5, 0.6) is 5.75 Å². The minimum atomic E-state index is -2.30. The van der Waals surface area contributed by atoms with Gasteiger partial charge < -0.3 is 4.74 Å². The normalized spacial score (nSPS) is 11.4. The van der Waals surface area contributed by atoms with E-state index in [4.69, 9.17) is 0 Å². The van der Waals surface area contributed by atoms with Crippen LogP contribution < -0.4 is 4.74 Å². The van der Waals surface area contributed by atoms with Crippen LogP contribution in [0.4, 0.5) is 22.0 Å². The van der Waals surface area contributed by atoms with E-state index in [1.165, 1.54) is 6.92 Å². The molecule has 1 aromatic rings. The quantitative estimate of drug-likeness (QED) is 0.272. The van der Waals surface area contributed by atoms with Gasteiger partial charge in [0.2, 0.25) is 34.8 Å². The number of benzene rings is 1. The zero-order chi connectivity index (χ0) is 16.0. The van der Waals surface area contributed by atoms with Crippen molar-refractivity contribution < 1.29 is 31.5 Å². The Morgan fingerprint density at radius 1 is 0.950 bits per heavy atom. The molecule has 0 aliphatic heterocycles. The van der Waals surface area contributed by atoms with Gasteiger partial charge in [-0.1, -0.05) is 27.7 Å². The van der Waals surface area contributed by atoms with Crippen LogP contribution in [0, 0.1) is 35.0 Å². The van der Waals surface area contributed by atoms with Crippen LogP contribution in [0.3, 0.4) is 0 Å². The second-order valence-corrected chi connectivity index (χ2v) is 3.63. The summed E-state index contributed by atoms with van der Waals surface area (Å²) in [6, 6.07) is 0. The Hall–Kier alpha value is -1.66. The Morgan fingerprint density at radius 2 is 1.30 bits per heavy atom. The van der Waals surface area contributed by atoms with E-state index in [9.17, 15) is 26.7 Å². The Bertz CT molecular complexity index is 459. The minimum Gasteiger partial charge on any atom is -0.420 e. The van der Waals surface area contributed by atoms with Crippen molar-refractivity contribution in [2.45, 2.75) is 34.1 Å². The zero-order valence-electron chi connectivity index (χ0n) is 11.5. The highest BCUT2D eigenvalue weighted by atomic mass is 19.2. The molecule has 0 heterocycles. The maximum atomic E-state index is 13.1. The van der Waals surface area contributed by atoms with E-state index in [1.54, 1.807) is 6.92 Å². The van der Waals surface area contributed by atoms with Crippen molar-refractivity contribution in [3.63, 3.8) is 0 Å². The molecule has 0 saturated carbocycles. The number of halogens is 5. The third kappa shape index (κ3) is 3.68. The number of carbonyl (C=O) groups excluding carboxylic acids is 1. The molecule has 1 atom stereocenters. The summed E-state index contributed by atoms with van der Waals surface area (Å²) in [6.07, 6.45) is 0.300. The molecule has 0 N–H and O–H groups in total. The predicted molar refractivity (Wildman–Crippen MR) is 62.7 cm³/mol. The maximum Gasteiger partial charge on any atom is 0.314 e. The number of esters is 1. The molecule has 2 nitrogen and oxygen atoms in total. The molecule has 0 aliphatic rings. The molecule has 0 spiro atoms. The van der Waals surface area contributed by atoms with E-state index in [0.29, 0.717) is 6.42 Å². The van der Waals surface area contributed by atoms with Gasteiger partial charge in [0, 0.05) is 0 Å². The molecule has 0 saturated heterocycles. The Balaban J connectivity index is 0.00000172. The monoisotopic (exact) mass is 298 g/mol. The van der Waals surface area contributed by atoms with Crippen LogP contribution in [-0.2, 0) is 4.79 Å². The Kier molecular flexibility index (Phi) is 7.17. The predicted octanol–water partition coefficient (Wildman–Crippen LogP) is 4.36. The summed E-state index contributed by atoms with van der Waals surface area (Å²) in [5.74, 6) is -14.3. The fraction of sp³-hybridized carbons (Fsp3) is 0.462. The molecular weight excluding hydrogens is 283 g/mol. The number of rotatable bonds is 3. The number of hydrogen-bond donors (Lipinski definition) is 0. The Morgan fingerprint density at radius 3 is 1.65 bits per heavy atom. The SMILES string of the molecule is CC.CCC(C)C(=O)Oc1c(F)c(F)c(F)c(F)c1F. The average Bonchev–Trinajstić information content (AvgIpc) is 2.48. The first-order chi connectivity index (χ1) is 9.31. The van der Waals surface area contributed by atoms with Crippen molar-refractivity contribution in [1.82, 2.24) is 0 Å². The zero-order valence-corrected chi connectivity index (χ0v) is 11.5. The van der Waals surface area contributed by atoms with Gasteiger partial charge in [0.1, 0.15) is 0 Å². The minimum absolute atomic E-state index is 0.300. The van der Waals surface area contributed by atoms with Gasteiger partial charge in [-0.15, -0.1) is 0 Å². The summed E-state index contributed by atoms with van der Waals surface area (Å²) < 4.78 is 68.7. The van der Waals surface area contributed by atoms with E-state index >= 15 is 0 Å². The maximum absolute atomic E-state index is 13.1. The summed E-state index contributed by atoms with van der Waals surface area (Å²) in [5.41, 5.74) is 0. The van der Waals surface area contributed by atoms with Gasteiger partial charge in [-0.2, -0.15) is 8.78 Å². The van der Waals surface area contributed by atoms with Crippen LogP contribution in [0.1, 0.15) is 34.1 Å². The van der Waals surface area contributed by atoms with Crippen molar-refractivity contribution in [3.05, 3.63) is 29.1 Å². The lowest BCUT2D eigenvalue weighted by Crippen LogP contribution is -2.19. The van der Waals surface area contributed by atoms with Crippen LogP contribution in [-0.4, -0.2) is 5.97 Å². The topological polar surface area (TPSA) is 26.3 Å². The molecule has 0 radical (unpaired) electrons. The molecule has 114 valence electrons. The second-order valence-electron chi connectivity index (χ2n) is 3.63. The van der Waals surface area contributed by atoms with E-state index in [0.717, 1.165) is 0 Å². The van der Waals surface area contributed by atoms with Crippen molar-refractivity contribution in [3.8, 4) is 5.75 Å². The van der Waals surface area contributed by atoms with Gasteiger partial charge in [-0.05, 0) is 6.42 Å². The van der Waals surface area contributed by atoms with Crippen molar-refractivity contribution in [2.75, 3.05) is 0 Å². The summed E-state index contributed by atoms with van der Waals surface area (Å²) >= 11 is 0. The summed E-state index contributed by atoms with van der Waals surface area (Å²) in [6.45, 7) is 7.00. The van der Waals surface area contributed by atoms with E-state index in [1.807, 2.05) is 13.8 Å². The lowest BCUT2D eigenvalue weighted by Gasteiger charge is -2.11. The third-order valence-electron chi connectivity index (χ3n) is 2.39. The van der Waals surface area contributed by atoms with Gasteiger partial charge in [0.25, 0.3) is 0 Å². The smallest absolute Gasteiger partial charge is 0.314 e.